The number of anilines is 1. The SMILES string of the molecule is CCN1c2cc(C)c(C=Nc3ccc(Sc4ccc([N+](=O)[O-])cc4)cc3)cc2C(C)=CC1(C)C. The van der Waals surface area contributed by atoms with Crippen LogP contribution in [0.15, 0.2) is 81.5 Å². The van der Waals surface area contributed by atoms with Crippen LogP contribution in [0.2, 0.25) is 0 Å². The van der Waals surface area contributed by atoms with E-state index >= 15 is 0 Å². The van der Waals surface area contributed by atoms with Crippen LogP contribution in [0.25, 0.3) is 5.57 Å². The second-order valence-electron chi connectivity index (χ2n) is 9.06. The third-order valence-electron chi connectivity index (χ3n) is 6.15. The quantitative estimate of drug-likeness (QED) is 0.209. The number of non-ortho nitro benzene ring substituents is 1. The molecule has 0 saturated heterocycles. The highest BCUT2D eigenvalue weighted by molar-refractivity contribution is 7.99. The van der Waals surface area contributed by atoms with Crippen LogP contribution < -0.4 is 4.90 Å². The largest absolute Gasteiger partial charge is 0.363 e. The van der Waals surface area contributed by atoms with Gasteiger partial charge in [-0.2, -0.15) is 0 Å². The first kappa shape index (κ1) is 23.8. The molecular weight excluding hydrogens is 442 g/mol. The van der Waals surface area contributed by atoms with Gasteiger partial charge in [-0.1, -0.05) is 17.8 Å². The molecule has 0 aromatic heterocycles. The van der Waals surface area contributed by atoms with Crippen LogP contribution >= 0.6 is 11.8 Å². The Hall–Kier alpha value is -3.38. The van der Waals surface area contributed by atoms with Crippen molar-refractivity contribution in [3.63, 3.8) is 0 Å². The minimum atomic E-state index is -0.385. The Kier molecular flexibility index (Phi) is 6.62. The van der Waals surface area contributed by atoms with Crippen LogP contribution in [-0.2, 0) is 0 Å². The van der Waals surface area contributed by atoms with Gasteiger partial charge in [-0.15, -0.1) is 0 Å². The number of benzene rings is 3. The number of hydrogen-bond donors (Lipinski definition) is 0. The number of fused-ring (bicyclic) bond motifs is 1. The first-order valence-corrected chi connectivity index (χ1v) is 12.2. The van der Waals surface area contributed by atoms with Crippen LogP contribution in [0.5, 0.6) is 0 Å². The number of aliphatic imine (C=N–C) groups is 1. The lowest BCUT2D eigenvalue weighted by atomic mass is 9.87. The number of likely N-dealkylation sites (N-methyl/N-ethyl adjacent to an activating group) is 1. The standard InChI is InChI=1S/C28H29N3O2S/c1-6-30-27-15-19(2)21(16-26(27)20(3)17-28(30,4)5)18-29-22-7-11-24(12-8-22)34-25-13-9-23(10-14-25)31(32)33/h7-18H,6H2,1-5H3. The van der Waals surface area contributed by atoms with Gasteiger partial charge in [-0.25, -0.2) is 0 Å². The summed E-state index contributed by atoms with van der Waals surface area (Å²) in [6.45, 7) is 12.0. The first-order chi connectivity index (χ1) is 16.2. The number of hydrogen-bond acceptors (Lipinski definition) is 5. The number of nitrogens with zero attached hydrogens (tertiary/aromatic N) is 3. The van der Waals surface area contributed by atoms with E-state index in [0.717, 1.165) is 27.6 Å². The maximum Gasteiger partial charge on any atom is 0.269 e. The number of allylic oxidation sites excluding steroid dienone is 1. The van der Waals surface area contributed by atoms with Gasteiger partial charge in [-0.3, -0.25) is 15.1 Å². The zero-order valence-electron chi connectivity index (χ0n) is 20.2. The third-order valence-corrected chi connectivity index (χ3v) is 7.17. The monoisotopic (exact) mass is 471 g/mol. The van der Waals surface area contributed by atoms with Crippen molar-refractivity contribution in [3.8, 4) is 0 Å². The number of nitro groups is 1. The second-order valence-corrected chi connectivity index (χ2v) is 10.2. The summed E-state index contributed by atoms with van der Waals surface area (Å²) in [5.41, 5.74) is 7.16. The van der Waals surface area contributed by atoms with Crippen molar-refractivity contribution in [2.75, 3.05) is 11.4 Å². The smallest absolute Gasteiger partial charge is 0.269 e. The fraction of sp³-hybridized carbons (Fsp3) is 0.250. The van der Waals surface area contributed by atoms with Gasteiger partial charge in [0.05, 0.1) is 16.1 Å². The van der Waals surface area contributed by atoms with Crippen LogP contribution in [0.1, 0.15) is 44.4 Å². The van der Waals surface area contributed by atoms with E-state index < -0.39 is 0 Å². The number of rotatable bonds is 6. The molecule has 4 rings (SSSR count). The van der Waals surface area contributed by atoms with Gasteiger partial charge in [0.2, 0.25) is 0 Å². The molecule has 5 nitrogen and oxygen atoms in total. The maximum absolute atomic E-state index is 10.8. The highest BCUT2D eigenvalue weighted by atomic mass is 32.2. The summed E-state index contributed by atoms with van der Waals surface area (Å²) >= 11 is 1.57. The van der Waals surface area contributed by atoms with Gasteiger partial charge < -0.3 is 4.90 Å². The Balaban J connectivity index is 1.52. The molecule has 34 heavy (non-hydrogen) atoms. The molecule has 0 bridgehead atoms. The average molecular weight is 472 g/mol. The molecule has 0 spiro atoms. The summed E-state index contributed by atoms with van der Waals surface area (Å²) in [5.74, 6) is 0. The lowest BCUT2D eigenvalue weighted by Crippen LogP contribution is -2.45. The summed E-state index contributed by atoms with van der Waals surface area (Å²) in [7, 11) is 0. The molecule has 3 aromatic carbocycles. The zero-order chi connectivity index (χ0) is 24.5. The lowest BCUT2D eigenvalue weighted by Gasteiger charge is -2.43. The van der Waals surface area contributed by atoms with E-state index in [-0.39, 0.29) is 16.1 Å². The molecular formula is C28H29N3O2S. The van der Waals surface area contributed by atoms with Crippen molar-refractivity contribution in [3.05, 3.63) is 93.5 Å². The fourth-order valence-corrected chi connectivity index (χ4v) is 5.29. The molecule has 3 aromatic rings. The van der Waals surface area contributed by atoms with E-state index in [0.29, 0.717) is 0 Å². The molecule has 0 radical (unpaired) electrons. The zero-order valence-corrected chi connectivity index (χ0v) is 21.0. The Morgan fingerprint density at radius 3 is 2.24 bits per heavy atom. The van der Waals surface area contributed by atoms with Crippen molar-refractivity contribution in [1.29, 1.82) is 0 Å². The molecule has 0 unspecified atom stereocenters. The number of aryl methyl sites for hydroxylation is 1. The minimum Gasteiger partial charge on any atom is -0.363 e. The Bertz CT molecular complexity index is 1280. The van der Waals surface area contributed by atoms with E-state index in [9.17, 15) is 10.1 Å². The van der Waals surface area contributed by atoms with Crippen LogP contribution in [0, 0.1) is 17.0 Å². The summed E-state index contributed by atoms with van der Waals surface area (Å²) in [6, 6.07) is 19.1. The highest BCUT2D eigenvalue weighted by Gasteiger charge is 2.30. The van der Waals surface area contributed by atoms with E-state index in [4.69, 9.17) is 4.99 Å². The van der Waals surface area contributed by atoms with E-state index in [1.54, 1.807) is 23.9 Å². The molecule has 1 aliphatic heterocycles. The van der Waals surface area contributed by atoms with Crippen molar-refractivity contribution in [2.24, 2.45) is 4.99 Å². The second kappa shape index (κ2) is 9.47. The molecule has 0 N–H and O–H groups in total. The molecule has 1 heterocycles. The number of nitro benzene ring substituents is 1. The predicted molar refractivity (Wildman–Crippen MR) is 143 cm³/mol. The summed E-state index contributed by atoms with van der Waals surface area (Å²) in [5, 5.41) is 10.8. The van der Waals surface area contributed by atoms with Crippen LogP contribution in [0.4, 0.5) is 17.1 Å². The van der Waals surface area contributed by atoms with E-state index in [2.05, 4.69) is 57.7 Å². The van der Waals surface area contributed by atoms with Crippen LogP contribution in [0.3, 0.4) is 0 Å². The van der Waals surface area contributed by atoms with Gasteiger partial charge in [0, 0.05) is 45.9 Å². The molecule has 6 heteroatoms. The Morgan fingerprint density at radius 1 is 1.03 bits per heavy atom. The van der Waals surface area contributed by atoms with E-state index in [1.165, 1.54) is 34.5 Å². The Morgan fingerprint density at radius 2 is 1.65 bits per heavy atom. The Labute approximate surface area is 205 Å². The molecule has 174 valence electrons. The minimum absolute atomic E-state index is 0.00209. The van der Waals surface area contributed by atoms with Crippen molar-refractivity contribution in [2.45, 2.75) is 49.9 Å². The van der Waals surface area contributed by atoms with Crippen molar-refractivity contribution >= 4 is 40.6 Å². The summed E-state index contributed by atoms with van der Waals surface area (Å²) < 4.78 is 0. The van der Waals surface area contributed by atoms with Gasteiger partial charge in [-0.05, 0) is 99.8 Å². The van der Waals surface area contributed by atoms with Gasteiger partial charge in [0.1, 0.15) is 0 Å². The van der Waals surface area contributed by atoms with Gasteiger partial charge >= 0.3 is 0 Å². The molecule has 0 aliphatic carbocycles. The molecule has 0 amide bonds. The van der Waals surface area contributed by atoms with Gasteiger partial charge in [0.15, 0.2) is 0 Å². The normalized spacial score (nSPS) is 14.7. The fourth-order valence-electron chi connectivity index (χ4n) is 4.48. The topological polar surface area (TPSA) is 58.7 Å². The first-order valence-electron chi connectivity index (χ1n) is 11.4. The summed E-state index contributed by atoms with van der Waals surface area (Å²) in [6.07, 6.45) is 4.29. The van der Waals surface area contributed by atoms with Gasteiger partial charge in [0.25, 0.3) is 5.69 Å². The maximum atomic E-state index is 10.8. The highest BCUT2D eigenvalue weighted by Crippen LogP contribution is 2.40. The van der Waals surface area contributed by atoms with Crippen molar-refractivity contribution < 1.29 is 4.92 Å². The molecule has 0 saturated carbocycles. The predicted octanol–water partition coefficient (Wildman–Crippen LogP) is 7.83. The third kappa shape index (κ3) is 4.92. The molecule has 0 atom stereocenters. The molecule has 1 aliphatic rings. The lowest BCUT2D eigenvalue weighted by molar-refractivity contribution is -0.384. The van der Waals surface area contributed by atoms with Crippen LogP contribution in [-0.4, -0.2) is 23.2 Å². The molecule has 0 fully saturated rings. The summed E-state index contributed by atoms with van der Waals surface area (Å²) in [4.78, 5) is 19.6. The van der Waals surface area contributed by atoms with Crippen molar-refractivity contribution in [1.82, 2.24) is 0 Å². The van der Waals surface area contributed by atoms with E-state index in [1.807, 2.05) is 30.5 Å². The average Bonchev–Trinajstić information content (AvgIpc) is 2.79.